The number of benzene rings is 3. The van der Waals surface area contributed by atoms with Crippen molar-refractivity contribution in [2.45, 2.75) is 17.7 Å². The quantitative estimate of drug-likeness (QED) is 0.242. The van der Waals surface area contributed by atoms with Crippen molar-refractivity contribution in [3.8, 4) is 11.5 Å². The van der Waals surface area contributed by atoms with Crippen molar-refractivity contribution in [1.29, 1.82) is 0 Å². The molecule has 9 nitrogen and oxygen atoms in total. The van der Waals surface area contributed by atoms with Crippen LogP contribution in [0.4, 0.5) is 0 Å². The number of nitrogens with one attached hydrogen (secondary N) is 2. The van der Waals surface area contributed by atoms with E-state index >= 15 is 0 Å². The molecule has 0 aromatic heterocycles. The molecular weight excluding hydrogens is 591 g/mol. The Morgan fingerprint density at radius 2 is 1.47 bits per heavy atom. The summed E-state index contributed by atoms with van der Waals surface area (Å²) in [5.41, 5.74) is 1.16. The van der Waals surface area contributed by atoms with E-state index in [9.17, 15) is 9.59 Å². The standard InChI is InChI=1S/C32H36Cl2N4O5/c1-41-19-20-43-28-21-26(42-2)11-12-27(28)32(31(40)38-15-13-37(14-16-38)17-18-39)35-29(22-3-7-24(33)8-4-22)30(36-32)23-5-9-25(34)10-6-23/h3-12,18,21,29-30,35-36H,13-17,19-20H2,1-2H3. The number of methoxy groups -OCH3 is 2. The zero-order valence-corrected chi connectivity index (χ0v) is 25.7. The van der Waals surface area contributed by atoms with Crippen LogP contribution in [0.1, 0.15) is 28.8 Å². The van der Waals surface area contributed by atoms with Gasteiger partial charge in [0.05, 0.1) is 32.3 Å². The second-order valence-electron chi connectivity index (χ2n) is 10.6. The van der Waals surface area contributed by atoms with Crippen molar-refractivity contribution in [1.82, 2.24) is 20.4 Å². The highest BCUT2D eigenvalue weighted by atomic mass is 35.5. The monoisotopic (exact) mass is 626 g/mol. The number of aldehydes is 1. The number of hydrogen-bond acceptors (Lipinski definition) is 8. The Bertz CT molecular complexity index is 1340. The fraction of sp³-hybridized carbons (Fsp3) is 0.375. The summed E-state index contributed by atoms with van der Waals surface area (Å²) in [6.07, 6.45) is 0.896. The summed E-state index contributed by atoms with van der Waals surface area (Å²) >= 11 is 12.5. The van der Waals surface area contributed by atoms with Crippen molar-refractivity contribution >= 4 is 35.4 Å². The molecule has 2 fully saturated rings. The molecule has 2 saturated heterocycles. The van der Waals surface area contributed by atoms with Gasteiger partial charge in [0.1, 0.15) is 24.4 Å². The number of rotatable bonds is 11. The first-order valence-electron chi connectivity index (χ1n) is 14.2. The number of ether oxygens (including phenoxy) is 3. The third kappa shape index (κ3) is 6.82. The number of hydrogen-bond donors (Lipinski definition) is 2. The molecule has 2 unspecified atom stereocenters. The van der Waals surface area contributed by atoms with Crippen molar-refractivity contribution in [3.63, 3.8) is 0 Å². The maximum atomic E-state index is 14.8. The van der Waals surface area contributed by atoms with Gasteiger partial charge in [-0.3, -0.25) is 20.3 Å². The van der Waals surface area contributed by atoms with Gasteiger partial charge in [0.25, 0.3) is 5.91 Å². The zero-order valence-electron chi connectivity index (χ0n) is 24.2. The van der Waals surface area contributed by atoms with E-state index in [2.05, 4.69) is 10.6 Å². The van der Waals surface area contributed by atoms with E-state index in [1.54, 1.807) is 20.3 Å². The van der Waals surface area contributed by atoms with Gasteiger partial charge < -0.3 is 23.9 Å². The number of piperazine rings is 1. The Kier molecular flexibility index (Phi) is 10.2. The van der Waals surface area contributed by atoms with E-state index in [0.717, 1.165) is 17.4 Å². The summed E-state index contributed by atoms with van der Waals surface area (Å²) in [4.78, 5) is 29.8. The molecule has 2 aliphatic heterocycles. The molecule has 2 aliphatic rings. The van der Waals surface area contributed by atoms with E-state index in [1.165, 1.54) is 0 Å². The van der Waals surface area contributed by atoms with Crippen molar-refractivity contribution in [3.05, 3.63) is 93.5 Å². The molecule has 2 N–H and O–H groups in total. The van der Waals surface area contributed by atoms with Gasteiger partial charge in [-0.15, -0.1) is 0 Å². The van der Waals surface area contributed by atoms with E-state index in [-0.39, 0.29) is 24.6 Å². The largest absolute Gasteiger partial charge is 0.497 e. The lowest BCUT2D eigenvalue weighted by molar-refractivity contribution is -0.141. The minimum Gasteiger partial charge on any atom is -0.497 e. The molecule has 0 aliphatic carbocycles. The molecule has 2 heterocycles. The lowest BCUT2D eigenvalue weighted by Gasteiger charge is -2.40. The van der Waals surface area contributed by atoms with Crippen LogP contribution in [0.15, 0.2) is 66.7 Å². The Morgan fingerprint density at radius 1 is 0.884 bits per heavy atom. The molecule has 228 valence electrons. The second kappa shape index (κ2) is 14.1. The molecule has 5 rings (SSSR count). The first-order chi connectivity index (χ1) is 20.9. The number of halogens is 2. The van der Waals surface area contributed by atoms with Crippen LogP contribution in [-0.4, -0.2) is 82.2 Å². The molecule has 43 heavy (non-hydrogen) atoms. The molecule has 0 bridgehead atoms. The van der Waals surface area contributed by atoms with Gasteiger partial charge in [-0.1, -0.05) is 47.5 Å². The summed E-state index contributed by atoms with van der Waals surface area (Å²) in [6, 6.07) is 20.1. The van der Waals surface area contributed by atoms with Gasteiger partial charge in [-0.05, 0) is 47.5 Å². The summed E-state index contributed by atoms with van der Waals surface area (Å²) in [5, 5.41) is 8.69. The average Bonchev–Trinajstić information content (AvgIpc) is 3.43. The predicted octanol–water partition coefficient (Wildman–Crippen LogP) is 4.20. The second-order valence-corrected chi connectivity index (χ2v) is 11.4. The number of amides is 1. The lowest BCUT2D eigenvalue weighted by Crippen LogP contribution is -2.62. The molecule has 2 atom stereocenters. The first-order valence-corrected chi connectivity index (χ1v) is 15.0. The van der Waals surface area contributed by atoms with Crippen LogP contribution in [0.5, 0.6) is 11.5 Å². The van der Waals surface area contributed by atoms with E-state index in [0.29, 0.717) is 66.4 Å². The molecule has 0 saturated carbocycles. The summed E-state index contributed by atoms with van der Waals surface area (Å²) in [7, 11) is 3.20. The fourth-order valence-corrected chi connectivity index (χ4v) is 5.98. The van der Waals surface area contributed by atoms with Gasteiger partial charge in [0.15, 0.2) is 5.66 Å². The number of nitrogens with zero attached hydrogens (tertiary/aromatic N) is 2. The van der Waals surface area contributed by atoms with Crippen LogP contribution in [0.2, 0.25) is 10.0 Å². The van der Waals surface area contributed by atoms with Crippen molar-refractivity contribution in [2.75, 3.05) is 60.2 Å². The molecule has 0 spiro atoms. The van der Waals surface area contributed by atoms with Crippen LogP contribution in [0, 0.1) is 0 Å². The molecule has 3 aromatic rings. The number of carbonyl (C=O) groups excluding carboxylic acids is 2. The highest BCUT2D eigenvalue weighted by Gasteiger charge is 2.54. The van der Waals surface area contributed by atoms with Crippen LogP contribution in [0.25, 0.3) is 0 Å². The zero-order chi connectivity index (χ0) is 30.4. The van der Waals surface area contributed by atoms with E-state index in [4.69, 9.17) is 37.4 Å². The maximum Gasteiger partial charge on any atom is 0.262 e. The Labute approximate surface area is 262 Å². The SMILES string of the molecule is COCCOc1cc(OC)ccc1C1(C(=O)N2CCN(CC=O)CC2)NC(c2ccc(Cl)cc2)C(c2ccc(Cl)cc2)N1. The van der Waals surface area contributed by atoms with Gasteiger partial charge in [0, 0.05) is 55.0 Å². The Hall–Kier alpha value is -3.18. The van der Waals surface area contributed by atoms with Crippen LogP contribution < -0.4 is 20.1 Å². The van der Waals surface area contributed by atoms with Gasteiger partial charge in [-0.2, -0.15) is 0 Å². The summed E-state index contributed by atoms with van der Waals surface area (Å²) in [6.45, 7) is 3.15. The average molecular weight is 628 g/mol. The lowest BCUT2D eigenvalue weighted by atomic mass is 9.95. The Balaban J connectivity index is 1.63. The predicted molar refractivity (Wildman–Crippen MR) is 166 cm³/mol. The molecule has 11 heteroatoms. The maximum absolute atomic E-state index is 14.8. The van der Waals surface area contributed by atoms with Crippen molar-refractivity contribution < 1.29 is 23.8 Å². The normalized spacial score (nSPS) is 22.4. The minimum absolute atomic E-state index is 0.143. The van der Waals surface area contributed by atoms with Crippen molar-refractivity contribution in [2.24, 2.45) is 0 Å². The smallest absolute Gasteiger partial charge is 0.262 e. The number of carbonyl (C=O) groups is 2. The molecular formula is C32H36Cl2N4O5. The molecule has 0 radical (unpaired) electrons. The summed E-state index contributed by atoms with van der Waals surface area (Å²) < 4.78 is 17.0. The highest BCUT2D eigenvalue weighted by Crippen LogP contribution is 2.45. The Morgan fingerprint density at radius 3 is 1.98 bits per heavy atom. The van der Waals surface area contributed by atoms with Gasteiger partial charge in [0.2, 0.25) is 0 Å². The topological polar surface area (TPSA) is 92.4 Å². The van der Waals surface area contributed by atoms with Crippen LogP contribution >= 0.6 is 23.2 Å². The minimum atomic E-state index is -1.38. The van der Waals surface area contributed by atoms with Gasteiger partial charge in [-0.25, -0.2) is 0 Å². The fourth-order valence-electron chi connectivity index (χ4n) is 5.73. The third-order valence-electron chi connectivity index (χ3n) is 7.99. The van der Waals surface area contributed by atoms with E-state index in [1.807, 2.05) is 70.5 Å². The molecule has 1 amide bonds. The third-order valence-corrected chi connectivity index (χ3v) is 8.49. The highest BCUT2D eigenvalue weighted by molar-refractivity contribution is 6.30. The van der Waals surface area contributed by atoms with E-state index < -0.39 is 5.66 Å². The summed E-state index contributed by atoms with van der Waals surface area (Å²) in [5.74, 6) is 0.953. The van der Waals surface area contributed by atoms with Crippen LogP contribution in [-0.2, 0) is 20.0 Å². The van der Waals surface area contributed by atoms with Crippen LogP contribution in [0.3, 0.4) is 0 Å². The first kappa shape index (κ1) is 31.3. The van der Waals surface area contributed by atoms with Gasteiger partial charge >= 0.3 is 0 Å². The molecule has 3 aromatic carbocycles.